The molecule has 3 aromatic rings. The zero-order chi connectivity index (χ0) is 19.5. The average molecular weight is 377 g/mol. The summed E-state index contributed by atoms with van der Waals surface area (Å²) in [5, 5.41) is 4.62. The molecule has 2 atom stereocenters. The first-order chi connectivity index (χ1) is 13.7. The Morgan fingerprint density at radius 3 is 2.32 bits per heavy atom. The van der Waals surface area contributed by atoms with E-state index < -0.39 is 0 Å². The molecule has 1 aliphatic carbocycles. The van der Waals surface area contributed by atoms with E-state index in [1.807, 2.05) is 53.1 Å². The summed E-state index contributed by atoms with van der Waals surface area (Å²) in [6.07, 6.45) is 7.12. The molecule has 1 amide bonds. The van der Waals surface area contributed by atoms with Crippen LogP contribution in [0.2, 0.25) is 0 Å². The predicted octanol–water partition coefficient (Wildman–Crippen LogP) is 4.63. The first-order valence-electron chi connectivity index (χ1n) is 10.5. The third kappa shape index (κ3) is 3.56. The van der Waals surface area contributed by atoms with Crippen molar-refractivity contribution in [2.45, 2.75) is 58.0 Å². The van der Waals surface area contributed by atoms with E-state index in [1.165, 1.54) is 32.1 Å². The lowest BCUT2D eigenvalue weighted by molar-refractivity contribution is -0.122. The third-order valence-electron chi connectivity index (χ3n) is 6.11. The van der Waals surface area contributed by atoms with Crippen molar-refractivity contribution in [3.8, 4) is 0 Å². The Hall–Kier alpha value is -2.62. The van der Waals surface area contributed by atoms with Gasteiger partial charge in [0.15, 0.2) is 5.43 Å². The van der Waals surface area contributed by atoms with Crippen LogP contribution in [0.1, 0.15) is 45.4 Å². The number of benzene rings is 2. The second-order valence-electron chi connectivity index (χ2n) is 7.96. The van der Waals surface area contributed by atoms with Crippen molar-refractivity contribution in [3.63, 3.8) is 0 Å². The number of rotatable bonds is 6. The summed E-state index contributed by atoms with van der Waals surface area (Å²) in [4.78, 5) is 25.8. The van der Waals surface area contributed by atoms with Gasteiger partial charge in [0.25, 0.3) is 0 Å². The Kier molecular flexibility index (Phi) is 5.47. The molecular formula is C24H28N2O2. The van der Waals surface area contributed by atoms with Gasteiger partial charge in [-0.05, 0) is 49.4 Å². The first kappa shape index (κ1) is 18.7. The summed E-state index contributed by atoms with van der Waals surface area (Å²) in [6.45, 7) is 2.45. The van der Waals surface area contributed by atoms with Crippen molar-refractivity contribution in [2.24, 2.45) is 5.92 Å². The van der Waals surface area contributed by atoms with Crippen LogP contribution in [0.15, 0.2) is 53.3 Å². The number of fused-ring (bicyclic) bond motifs is 2. The quantitative estimate of drug-likeness (QED) is 0.638. The summed E-state index contributed by atoms with van der Waals surface area (Å²) >= 11 is 0. The number of hydrogen-bond donors (Lipinski definition) is 1. The first-order valence-corrected chi connectivity index (χ1v) is 10.5. The Balaban J connectivity index is 1.64. The number of nitrogens with zero attached hydrogens (tertiary/aromatic N) is 1. The number of carbonyl (C=O) groups is 1. The van der Waals surface area contributed by atoms with Crippen molar-refractivity contribution in [1.29, 1.82) is 0 Å². The van der Waals surface area contributed by atoms with Gasteiger partial charge in [-0.1, -0.05) is 50.5 Å². The number of carbonyl (C=O) groups excluding carboxylic acids is 1. The minimum absolute atomic E-state index is 0.0262. The number of aromatic nitrogens is 1. The molecule has 0 saturated heterocycles. The highest BCUT2D eigenvalue weighted by Crippen LogP contribution is 2.30. The van der Waals surface area contributed by atoms with Gasteiger partial charge >= 0.3 is 0 Å². The molecule has 2 aromatic carbocycles. The summed E-state index contributed by atoms with van der Waals surface area (Å²) in [7, 11) is 0. The number of pyridine rings is 1. The number of hydrogen-bond acceptors (Lipinski definition) is 2. The van der Waals surface area contributed by atoms with Crippen LogP contribution in [-0.4, -0.2) is 16.5 Å². The van der Waals surface area contributed by atoms with Gasteiger partial charge in [0.2, 0.25) is 5.91 Å². The monoisotopic (exact) mass is 376 g/mol. The van der Waals surface area contributed by atoms with Gasteiger partial charge in [0.05, 0.1) is 11.0 Å². The maximum absolute atomic E-state index is 13.0. The van der Waals surface area contributed by atoms with Crippen molar-refractivity contribution in [2.75, 3.05) is 0 Å². The lowest BCUT2D eigenvalue weighted by Crippen LogP contribution is -2.39. The molecule has 2 unspecified atom stereocenters. The molecule has 4 rings (SSSR count). The molecule has 146 valence electrons. The van der Waals surface area contributed by atoms with Gasteiger partial charge in [0.1, 0.15) is 6.54 Å². The fraction of sp³-hybridized carbons (Fsp3) is 0.417. The molecule has 1 aliphatic rings. The van der Waals surface area contributed by atoms with Crippen LogP contribution in [0, 0.1) is 5.92 Å². The Bertz CT molecular complexity index is 993. The second kappa shape index (κ2) is 8.17. The van der Waals surface area contributed by atoms with Gasteiger partial charge in [0, 0.05) is 16.8 Å². The molecule has 0 bridgehead atoms. The number of nitrogens with one attached hydrogen (secondary N) is 1. The fourth-order valence-electron chi connectivity index (χ4n) is 4.68. The van der Waals surface area contributed by atoms with Crippen molar-refractivity contribution in [1.82, 2.24) is 9.88 Å². The molecular weight excluding hydrogens is 348 g/mol. The van der Waals surface area contributed by atoms with E-state index >= 15 is 0 Å². The van der Waals surface area contributed by atoms with Crippen molar-refractivity contribution in [3.05, 3.63) is 58.8 Å². The molecule has 0 radical (unpaired) electrons. The number of para-hydroxylation sites is 2. The van der Waals surface area contributed by atoms with Gasteiger partial charge in [-0.3, -0.25) is 9.59 Å². The Morgan fingerprint density at radius 2 is 1.68 bits per heavy atom. The molecule has 28 heavy (non-hydrogen) atoms. The van der Waals surface area contributed by atoms with Crippen LogP contribution in [0.5, 0.6) is 0 Å². The zero-order valence-corrected chi connectivity index (χ0v) is 16.5. The molecule has 0 spiro atoms. The van der Waals surface area contributed by atoms with Crippen LogP contribution in [0.3, 0.4) is 0 Å². The van der Waals surface area contributed by atoms with Gasteiger partial charge in [-0.15, -0.1) is 0 Å². The Morgan fingerprint density at radius 1 is 1.04 bits per heavy atom. The predicted molar refractivity (Wildman–Crippen MR) is 115 cm³/mol. The van der Waals surface area contributed by atoms with Crippen LogP contribution in [0.25, 0.3) is 21.8 Å². The van der Waals surface area contributed by atoms with E-state index in [9.17, 15) is 9.59 Å². The minimum Gasteiger partial charge on any atom is -0.352 e. The van der Waals surface area contributed by atoms with E-state index in [0.717, 1.165) is 17.5 Å². The summed E-state index contributed by atoms with van der Waals surface area (Å²) in [6, 6.07) is 15.4. The smallest absolute Gasteiger partial charge is 0.240 e. The topological polar surface area (TPSA) is 51.1 Å². The van der Waals surface area contributed by atoms with Gasteiger partial charge < -0.3 is 9.88 Å². The van der Waals surface area contributed by atoms with Crippen LogP contribution in [-0.2, 0) is 11.3 Å². The van der Waals surface area contributed by atoms with E-state index in [0.29, 0.717) is 16.7 Å². The van der Waals surface area contributed by atoms with E-state index in [4.69, 9.17) is 0 Å². The highest BCUT2D eigenvalue weighted by atomic mass is 16.2. The van der Waals surface area contributed by atoms with Gasteiger partial charge in [-0.25, -0.2) is 0 Å². The maximum Gasteiger partial charge on any atom is 0.240 e. The summed E-state index contributed by atoms with van der Waals surface area (Å²) in [5.41, 5.74) is 1.66. The molecule has 4 heteroatoms. The molecule has 1 fully saturated rings. The zero-order valence-electron chi connectivity index (χ0n) is 16.5. The second-order valence-corrected chi connectivity index (χ2v) is 7.96. The number of unbranched alkanes of at least 4 members (excludes halogenated alkanes) is 1. The normalized spacial score (nSPS) is 19.3. The molecule has 1 N–H and O–H groups in total. The maximum atomic E-state index is 13.0. The highest BCUT2D eigenvalue weighted by Gasteiger charge is 2.28. The molecule has 0 aliphatic heterocycles. The summed E-state index contributed by atoms with van der Waals surface area (Å²) < 4.78 is 1.98. The molecule has 1 aromatic heterocycles. The largest absolute Gasteiger partial charge is 0.352 e. The van der Waals surface area contributed by atoms with Crippen LogP contribution >= 0.6 is 0 Å². The lowest BCUT2D eigenvalue weighted by atomic mass is 9.97. The van der Waals surface area contributed by atoms with E-state index in [-0.39, 0.29) is 23.9 Å². The average Bonchev–Trinajstić information content (AvgIpc) is 3.16. The standard InChI is InChI=1S/C24H28N2O2/c1-2-3-9-17-10-8-13-20(17)25-23(27)16-26-21-14-6-4-11-18(21)24(28)19-12-5-7-15-22(19)26/h4-7,11-12,14-15,17,20H,2-3,8-10,13,16H2,1H3,(H,25,27). The minimum atomic E-state index is 0.0262. The summed E-state index contributed by atoms with van der Waals surface area (Å²) in [5.74, 6) is 0.638. The van der Waals surface area contributed by atoms with E-state index in [1.54, 1.807) is 0 Å². The van der Waals surface area contributed by atoms with Crippen LogP contribution in [0.4, 0.5) is 0 Å². The lowest BCUT2D eigenvalue weighted by Gasteiger charge is -2.22. The van der Waals surface area contributed by atoms with Crippen LogP contribution < -0.4 is 10.7 Å². The molecule has 4 nitrogen and oxygen atoms in total. The molecule has 1 saturated carbocycles. The van der Waals surface area contributed by atoms with Gasteiger partial charge in [-0.2, -0.15) is 0 Å². The highest BCUT2D eigenvalue weighted by molar-refractivity contribution is 5.94. The van der Waals surface area contributed by atoms with Crippen molar-refractivity contribution >= 4 is 27.7 Å². The van der Waals surface area contributed by atoms with Crippen molar-refractivity contribution < 1.29 is 4.79 Å². The van der Waals surface area contributed by atoms with E-state index in [2.05, 4.69) is 12.2 Å². The number of amides is 1. The Labute approximate surface area is 165 Å². The SMILES string of the molecule is CCCCC1CCCC1NC(=O)Cn1c2ccccc2c(=O)c2ccccc21. The fourth-order valence-corrected chi connectivity index (χ4v) is 4.68. The third-order valence-corrected chi connectivity index (χ3v) is 6.11. The molecule has 1 heterocycles.